The van der Waals surface area contributed by atoms with E-state index in [2.05, 4.69) is 5.10 Å². The van der Waals surface area contributed by atoms with Crippen molar-refractivity contribution in [2.75, 3.05) is 13.1 Å². The molecule has 2 aromatic rings. The number of ether oxygens (including phenoxy) is 1. The average Bonchev–Trinajstić information content (AvgIpc) is 3.31. The van der Waals surface area contributed by atoms with E-state index >= 15 is 0 Å². The summed E-state index contributed by atoms with van der Waals surface area (Å²) in [5.41, 5.74) is 0.290. The average molecular weight is 375 g/mol. The van der Waals surface area contributed by atoms with Crippen molar-refractivity contribution in [3.63, 3.8) is 0 Å². The maximum absolute atomic E-state index is 13.1. The number of rotatable bonds is 5. The second kappa shape index (κ2) is 7.29. The normalized spacial score (nSPS) is 24.4. The molecule has 2 aliphatic rings. The van der Waals surface area contributed by atoms with Gasteiger partial charge in [-0.2, -0.15) is 5.10 Å². The number of aromatic nitrogens is 2. The molecule has 1 aliphatic carbocycles. The molecule has 7 heteroatoms. The Kier molecular flexibility index (Phi) is 4.85. The van der Waals surface area contributed by atoms with E-state index in [-0.39, 0.29) is 24.2 Å². The molecule has 3 atom stereocenters. The molecule has 4 rings (SSSR count). The van der Waals surface area contributed by atoms with Gasteiger partial charge in [0.25, 0.3) is 6.43 Å². The number of hydrogen-bond acceptors (Lipinski definition) is 3. The molecule has 27 heavy (non-hydrogen) atoms. The second-order valence-corrected chi connectivity index (χ2v) is 7.44. The van der Waals surface area contributed by atoms with Gasteiger partial charge in [-0.25, -0.2) is 8.78 Å². The highest BCUT2D eigenvalue weighted by Crippen LogP contribution is 2.40. The van der Waals surface area contributed by atoms with Crippen molar-refractivity contribution in [1.82, 2.24) is 14.7 Å². The zero-order chi connectivity index (χ0) is 19.0. The maximum Gasteiger partial charge on any atom is 0.280 e. The standard InChI is InChI=1S/C20H23F2N3O2/c1-13-9-17(20(21)22)25(23-13)12-19(26)24-10-14-7-8-18(16(14)11-24)27-15-5-3-2-4-6-15/h2-6,9,14,16,18,20H,7-8,10-12H2,1H3/t14-,16+,18-/m0/s1. The Balaban J connectivity index is 1.40. The summed E-state index contributed by atoms with van der Waals surface area (Å²) in [6.07, 6.45) is -0.533. The van der Waals surface area contributed by atoms with Gasteiger partial charge in [0.1, 0.15) is 24.1 Å². The van der Waals surface area contributed by atoms with E-state index in [9.17, 15) is 13.6 Å². The fourth-order valence-corrected chi connectivity index (χ4v) is 4.34. The van der Waals surface area contributed by atoms with E-state index in [0.29, 0.717) is 30.6 Å². The third-order valence-electron chi connectivity index (χ3n) is 5.62. The quantitative estimate of drug-likeness (QED) is 0.804. The van der Waals surface area contributed by atoms with E-state index in [1.807, 2.05) is 30.3 Å². The molecule has 0 radical (unpaired) electrons. The molecule has 2 fully saturated rings. The van der Waals surface area contributed by atoms with Crippen LogP contribution in [0.1, 0.15) is 30.7 Å². The number of nitrogens with zero attached hydrogens (tertiary/aromatic N) is 3. The molecule has 2 heterocycles. The summed E-state index contributed by atoms with van der Waals surface area (Å²) in [6.45, 7) is 2.80. The fraction of sp³-hybridized carbons (Fsp3) is 0.500. The molecule has 1 saturated carbocycles. The van der Waals surface area contributed by atoms with Gasteiger partial charge in [0.05, 0.1) is 5.69 Å². The zero-order valence-corrected chi connectivity index (χ0v) is 15.2. The maximum atomic E-state index is 13.1. The molecular weight excluding hydrogens is 352 g/mol. The van der Waals surface area contributed by atoms with Gasteiger partial charge >= 0.3 is 0 Å². The summed E-state index contributed by atoms with van der Waals surface area (Å²) in [7, 11) is 0. The van der Waals surface area contributed by atoms with Gasteiger partial charge in [-0.1, -0.05) is 18.2 Å². The lowest BCUT2D eigenvalue weighted by Gasteiger charge is -2.22. The van der Waals surface area contributed by atoms with Crippen LogP contribution < -0.4 is 4.74 Å². The number of para-hydroxylation sites is 1. The molecule has 1 aromatic carbocycles. The number of alkyl halides is 2. The van der Waals surface area contributed by atoms with E-state index in [1.54, 1.807) is 11.8 Å². The predicted octanol–water partition coefficient (Wildman–Crippen LogP) is 3.45. The number of carbonyl (C=O) groups is 1. The largest absolute Gasteiger partial charge is 0.490 e. The highest BCUT2D eigenvalue weighted by Gasteiger charge is 2.45. The fourth-order valence-electron chi connectivity index (χ4n) is 4.34. The topological polar surface area (TPSA) is 47.4 Å². The third-order valence-corrected chi connectivity index (χ3v) is 5.62. The van der Waals surface area contributed by atoms with Crippen LogP contribution in [-0.2, 0) is 11.3 Å². The molecule has 1 saturated heterocycles. The van der Waals surface area contributed by atoms with Crippen molar-refractivity contribution >= 4 is 5.91 Å². The van der Waals surface area contributed by atoms with Gasteiger partial charge in [-0.15, -0.1) is 0 Å². The van der Waals surface area contributed by atoms with E-state index in [4.69, 9.17) is 4.74 Å². The van der Waals surface area contributed by atoms with Gasteiger partial charge in [0.2, 0.25) is 5.91 Å². The second-order valence-electron chi connectivity index (χ2n) is 7.44. The molecule has 5 nitrogen and oxygen atoms in total. The molecule has 0 bridgehead atoms. The Bertz CT molecular complexity index is 809. The monoisotopic (exact) mass is 375 g/mol. The van der Waals surface area contributed by atoms with Crippen molar-refractivity contribution in [1.29, 1.82) is 0 Å². The number of fused-ring (bicyclic) bond motifs is 1. The van der Waals surface area contributed by atoms with Crippen molar-refractivity contribution in [3.05, 3.63) is 47.8 Å². The molecule has 1 amide bonds. The Hall–Kier alpha value is -2.44. The molecule has 0 spiro atoms. The number of halogens is 2. The number of benzene rings is 1. The summed E-state index contributed by atoms with van der Waals surface area (Å²) < 4.78 is 33.5. The van der Waals surface area contributed by atoms with E-state index < -0.39 is 6.43 Å². The summed E-state index contributed by atoms with van der Waals surface area (Å²) in [5, 5.41) is 4.05. The molecular formula is C20H23F2N3O2. The molecule has 1 aliphatic heterocycles. The van der Waals surface area contributed by atoms with Crippen LogP contribution >= 0.6 is 0 Å². The van der Waals surface area contributed by atoms with Gasteiger partial charge in [-0.3, -0.25) is 9.48 Å². The summed E-state index contributed by atoms with van der Waals surface area (Å²) in [6, 6.07) is 11.1. The van der Waals surface area contributed by atoms with Crippen LogP contribution in [-0.4, -0.2) is 39.8 Å². The van der Waals surface area contributed by atoms with Gasteiger partial charge in [0.15, 0.2) is 0 Å². The van der Waals surface area contributed by atoms with Gasteiger partial charge < -0.3 is 9.64 Å². The summed E-state index contributed by atoms with van der Waals surface area (Å²) >= 11 is 0. The van der Waals surface area contributed by atoms with Crippen molar-refractivity contribution in [2.45, 2.75) is 38.8 Å². The minimum atomic E-state index is -2.64. The van der Waals surface area contributed by atoms with E-state index in [1.165, 1.54) is 6.07 Å². The lowest BCUT2D eigenvalue weighted by molar-refractivity contribution is -0.131. The van der Waals surface area contributed by atoms with Crippen LogP contribution in [0, 0.1) is 18.8 Å². The first-order chi connectivity index (χ1) is 13.0. The van der Waals surface area contributed by atoms with Crippen molar-refractivity contribution in [2.24, 2.45) is 11.8 Å². The summed E-state index contributed by atoms with van der Waals surface area (Å²) in [4.78, 5) is 14.5. The molecule has 144 valence electrons. The first-order valence-corrected chi connectivity index (χ1v) is 9.33. The first kappa shape index (κ1) is 17.9. The SMILES string of the molecule is Cc1cc(C(F)F)n(CC(=O)N2C[C@@H]3CC[C@H](Oc4ccccc4)[C@@H]3C2)n1. The zero-order valence-electron chi connectivity index (χ0n) is 15.2. The van der Waals surface area contributed by atoms with Crippen LogP contribution in [0.4, 0.5) is 8.78 Å². The van der Waals surface area contributed by atoms with Crippen LogP contribution in [0.25, 0.3) is 0 Å². The van der Waals surface area contributed by atoms with Gasteiger partial charge in [-0.05, 0) is 43.9 Å². The Labute approximate surface area is 156 Å². The lowest BCUT2D eigenvalue weighted by Crippen LogP contribution is -2.35. The van der Waals surface area contributed by atoms with Gasteiger partial charge in [0, 0.05) is 19.0 Å². The smallest absolute Gasteiger partial charge is 0.280 e. The van der Waals surface area contributed by atoms with Crippen LogP contribution in [0.3, 0.4) is 0 Å². The number of hydrogen-bond donors (Lipinski definition) is 0. The summed E-state index contributed by atoms with van der Waals surface area (Å²) in [5.74, 6) is 1.40. The minimum absolute atomic E-state index is 0.0961. The third kappa shape index (κ3) is 3.68. The van der Waals surface area contributed by atoms with Crippen LogP contribution in [0.5, 0.6) is 5.75 Å². The first-order valence-electron chi connectivity index (χ1n) is 9.33. The van der Waals surface area contributed by atoms with E-state index in [0.717, 1.165) is 23.3 Å². The predicted molar refractivity (Wildman–Crippen MR) is 95.6 cm³/mol. The minimum Gasteiger partial charge on any atom is -0.490 e. The number of aryl methyl sites for hydroxylation is 1. The molecule has 0 unspecified atom stereocenters. The van der Waals surface area contributed by atoms with Crippen molar-refractivity contribution < 1.29 is 18.3 Å². The van der Waals surface area contributed by atoms with Crippen LogP contribution in [0.15, 0.2) is 36.4 Å². The Morgan fingerprint density at radius 2 is 2.04 bits per heavy atom. The highest BCUT2D eigenvalue weighted by atomic mass is 19.3. The lowest BCUT2D eigenvalue weighted by atomic mass is 9.99. The number of amides is 1. The number of carbonyl (C=O) groups excluding carboxylic acids is 1. The Morgan fingerprint density at radius 3 is 2.78 bits per heavy atom. The molecule has 0 N–H and O–H groups in total. The number of likely N-dealkylation sites (tertiary alicyclic amines) is 1. The molecule has 1 aromatic heterocycles. The highest BCUT2D eigenvalue weighted by molar-refractivity contribution is 5.76. The van der Waals surface area contributed by atoms with Crippen LogP contribution in [0.2, 0.25) is 0 Å². The Morgan fingerprint density at radius 1 is 1.26 bits per heavy atom. The van der Waals surface area contributed by atoms with Crippen molar-refractivity contribution in [3.8, 4) is 5.75 Å².